The normalized spacial score (nSPS) is 11.8. The molecule has 0 saturated carbocycles. The molecule has 2 nitrogen and oxygen atoms in total. The first-order chi connectivity index (χ1) is 7.98. The van der Waals surface area contributed by atoms with Crippen LogP contribution in [0.15, 0.2) is 46.5 Å². The number of halogens is 3. The molecule has 6 heteroatoms. The van der Waals surface area contributed by atoms with Crippen LogP contribution in [0.4, 0.5) is 13.2 Å². The summed E-state index contributed by atoms with van der Waals surface area (Å²) < 4.78 is 39.3. The van der Waals surface area contributed by atoms with Gasteiger partial charge in [0, 0.05) is 11.9 Å². The molecule has 0 N–H and O–H groups in total. The quantitative estimate of drug-likeness (QED) is 0.819. The maximum absolute atomic E-state index is 12.7. The third-order valence-corrected chi connectivity index (χ3v) is 3.33. The molecular weight excluding hydrogens is 249 g/mol. The summed E-state index contributed by atoms with van der Waals surface area (Å²) >= 11 is 1.05. The molecule has 2 rings (SSSR count). The van der Waals surface area contributed by atoms with Gasteiger partial charge in [-0.2, -0.15) is 18.3 Å². The molecule has 0 aliphatic heterocycles. The van der Waals surface area contributed by atoms with Gasteiger partial charge in [-0.3, -0.25) is 4.68 Å². The average Bonchev–Trinajstić information content (AvgIpc) is 2.62. The first-order valence-electron chi connectivity index (χ1n) is 4.80. The Morgan fingerprint density at radius 1 is 1.18 bits per heavy atom. The van der Waals surface area contributed by atoms with Gasteiger partial charge < -0.3 is 0 Å². The highest BCUT2D eigenvalue weighted by atomic mass is 32.2. The third kappa shape index (κ3) is 2.63. The maximum atomic E-state index is 12.7. The van der Waals surface area contributed by atoms with E-state index in [1.165, 1.54) is 11.7 Å². The lowest BCUT2D eigenvalue weighted by molar-refractivity contribution is -0.139. The molecule has 0 spiro atoms. The van der Waals surface area contributed by atoms with Crippen LogP contribution in [0.5, 0.6) is 0 Å². The third-order valence-electron chi connectivity index (χ3n) is 2.15. The predicted octanol–water partition coefficient (Wildman–Crippen LogP) is 3.59. The first-order valence-corrected chi connectivity index (χ1v) is 5.62. The smallest absolute Gasteiger partial charge is 0.261 e. The van der Waals surface area contributed by atoms with E-state index in [0.717, 1.165) is 22.9 Å². The minimum absolute atomic E-state index is 0.101. The van der Waals surface area contributed by atoms with Gasteiger partial charge in [-0.1, -0.05) is 30.0 Å². The fraction of sp³-hybridized carbons (Fsp3) is 0.182. The molecule has 0 bridgehead atoms. The second kappa shape index (κ2) is 4.44. The van der Waals surface area contributed by atoms with Crippen LogP contribution in [0, 0.1) is 0 Å². The summed E-state index contributed by atoms with van der Waals surface area (Å²) in [6.45, 7) is 0. The Morgan fingerprint density at radius 2 is 1.82 bits per heavy atom. The Kier molecular flexibility index (Phi) is 3.15. The van der Waals surface area contributed by atoms with Gasteiger partial charge in [-0.25, -0.2) is 0 Å². The summed E-state index contributed by atoms with van der Waals surface area (Å²) in [5.41, 5.74) is -0.700. The van der Waals surface area contributed by atoms with Gasteiger partial charge in [-0.05, 0) is 12.1 Å². The molecule has 0 aliphatic rings. The number of rotatable bonds is 2. The van der Waals surface area contributed by atoms with Gasteiger partial charge in [0.1, 0.15) is 10.6 Å². The van der Waals surface area contributed by atoms with E-state index < -0.39 is 11.7 Å². The van der Waals surface area contributed by atoms with E-state index in [-0.39, 0.29) is 5.03 Å². The molecule has 2 aromatic rings. The largest absolute Gasteiger partial charge is 0.420 e. The molecule has 1 aromatic heterocycles. The van der Waals surface area contributed by atoms with E-state index in [0.29, 0.717) is 0 Å². The molecule has 0 unspecified atom stereocenters. The number of nitrogens with zero attached hydrogens (tertiary/aromatic N) is 2. The molecule has 1 heterocycles. The van der Waals surface area contributed by atoms with E-state index in [1.54, 1.807) is 24.3 Å². The fourth-order valence-electron chi connectivity index (χ4n) is 1.34. The standard InChI is InChI=1S/C11H9F3N2S/c1-16-10(9(7-15-16)11(12,13)14)17-8-5-3-2-4-6-8/h2-7H,1H3. The molecule has 0 fully saturated rings. The molecule has 0 saturated heterocycles. The molecule has 0 aliphatic carbocycles. The Labute approximate surface area is 100 Å². The summed E-state index contributed by atoms with van der Waals surface area (Å²) in [6, 6.07) is 8.91. The highest BCUT2D eigenvalue weighted by Crippen LogP contribution is 2.38. The molecule has 1 aromatic carbocycles. The van der Waals surface area contributed by atoms with Crippen molar-refractivity contribution in [2.24, 2.45) is 7.05 Å². The second-order valence-electron chi connectivity index (χ2n) is 3.40. The van der Waals surface area contributed by atoms with Gasteiger partial charge in [0.15, 0.2) is 0 Å². The highest BCUT2D eigenvalue weighted by molar-refractivity contribution is 7.99. The van der Waals surface area contributed by atoms with E-state index in [9.17, 15) is 13.2 Å². The molecule has 90 valence electrons. The van der Waals surface area contributed by atoms with Crippen LogP contribution in [0.2, 0.25) is 0 Å². The zero-order valence-corrected chi connectivity index (χ0v) is 9.72. The lowest BCUT2D eigenvalue weighted by atomic mass is 10.3. The van der Waals surface area contributed by atoms with Crippen molar-refractivity contribution >= 4 is 11.8 Å². The second-order valence-corrected chi connectivity index (χ2v) is 4.46. The minimum atomic E-state index is -4.37. The highest BCUT2D eigenvalue weighted by Gasteiger charge is 2.36. The van der Waals surface area contributed by atoms with Crippen molar-refractivity contribution in [3.8, 4) is 0 Å². The fourth-order valence-corrected chi connectivity index (χ4v) is 2.32. The summed E-state index contributed by atoms with van der Waals surface area (Å²) in [6.07, 6.45) is -3.52. The Hall–Kier alpha value is -1.43. The summed E-state index contributed by atoms with van der Waals surface area (Å²) in [7, 11) is 1.50. The van der Waals surface area contributed by atoms with E-state index in [2.05, 4.69) is 5.10 Å². The van der Waals surface area contributed by atoms with Crippen LogP contribution in [-0.4, -0.2) is 9.78 Å². The van der Waals surface area contributed by atoms with Crippen molar-refractivity contribution < 1.29 is 13.2 Å². The minimum Gasteiger partial charge on any atom is -0.261 e. The Bertz CT molecular complexity index is 505. The summed E-state index contributed by atoms with van der Waals surface area (Å²) in [5, 5.41) is 3.76. The van der Waals surface area contributed by atoms with E-state index in [4.69, 9.17) is 0 Å². The van der Waals surface area contributed by atoms with Crippen molar-refractivity contribution in [2.45, 2.75) is 16.1 Å². The molecule has 0 radical (unpaired) electrons. The van der Waals surface area contributed by atoms with Crippen LogP contribution in [0.25, 0.3) is 0 Å². The average molecular weight is 258 g/mol. The number of benzene rings is 1. The Balaban J connectivity index is 2.36. The molecule has 17 heavy (non-hydrogen) atoms. The lowest BCUT2D eigenvalue weighted by Crippen LogP contribution is -2.06. The van der Waals surface area contributed by atoms with Crippen LogP contribution < -0.4 is 0 Å². The number of hydrogen-bond donors (Lipinski definition) is 0. The van der Waals surface area contributed by atoms with Crippen molar-refractivity contribution in [3.63, 3.8) is 0 Å². The van der Waals surface area contributed by atoms with Crippen molar-refractivity contribution in [3.05, 3.63) is 42.1 Å². The topological polar surface area (TPSA) is 17.8 Å². The summed E-state index contributed by atoms with van der Waals surface area (Å²) in [5.74, 6) is 0. The van der Waals surface area contributed by atoms with Crippen LogP contribution in [0.3, 0.4) is 0 Å². The van der Waals surface area contributed by atoms with E-state index >= 15 is 0 Å². The van der Waals surface area contributed by atoms with Gasteiger partial charge in [0.2, 0.25) is 0 Å². The van der Waals surface area contributed by atoms with Gasteiger partial charge >= 0.3 is 6.18 Å². The SMILES string of the molecule is Cn1ncc(C(F)(F)F)c1Sc1ccccc1. The van der Waals surface area contributed by atoms with E-state index in [1.807, 2.05) is 6.07 Å². The maximum Gasteiger partial charge on any atom is 0.420 e. The van der Waals surface area contributed by atoms with Gasteiger partial charge in [0.25, 0.3) is 0 Å². The summed E-state index contributed by atoms with van der Waals surface area (Å²) in [4.78, 5) is 0.751. The van der Waals surface area contributed by atoms with Crippen molar-refractivity contribution in [2.75, 3.05) is 0 Å². The van der Waals surface area contributed by atoms with Crippen molar-refractivity contribution in [1.82, 2.24) is 9.78 Å². The number of aromatic nitrogens is 2. The predicted molar refractivity (Wildman–Crippen MR) is 58.8 cm³/mol. The molecule has 0 atom stereocenters. The van der Waals surface area contributed by atoms with Gasteiger partial charge in [-0.15, -0.1) is 0 Å². The lowest BCUT2D eigenvalue weighted by Gasteiger charge is -2.08. The molecular formula is C11H9F3N2S. The Morgan fingerprint density at radius 3 is 2.41 bits per heavy atom. The first kappa shape index (κ1) is 12.0. The van der Waals surface area contributed by atoms with Crippen molar-refractivity contribution in [1.29, 1.82) is 0 Å². The van der Waals surface area contributed by atoms with Crippen LogP contribution in [-0.2, 0) is 13.2 Å². The van der Waals surface area contributed by atoms with Crippen LogP contribution >= 0.6 is 11.8 Å². The number of aryl methyl sites for hydroxylation is 1. The van der Waals surface area contributed by atoms with Crippen LogP contribution in [0.1, 0.15) is 5.56 Å². The monoisotopic (exact) mass is 258 g/mol. The zero-order valence-electron chi connectivity index (χ0n) is 8.90. The number of hydrogen-bond acceptors (Lipinski definition) is 2. The number of alkyl halides is 3. The molecule has 0 amide bonds. The van der Waals surface area contributed by atoms with Gasteiger partial charge in [0.05, 0.1) is 6.20 Å². The zero-order chi connectivity index (χ0) is 12.5.